The second kappa shape index (κ2) is 25.4. The Labute approximate surface area is 538 Å². The molecular weight excluding hydrogens is 1180 g/mol. The smallest absolute Gasteiger partial charge is 0.231 e. The lowest BCUT2D eigenvalue weighted by Crippen LogP contribution is -2.58. The van der Waals surface area contributed by atoms with Gasteiger partial charge in [0.15, 0.2) is 68.9 Å². The highest BCUT2D eigenvalue weighted by molar-refractivity contribution is 5.63. The van der Waals surface area contributed by atoms with E-state index in [9.17, 15) is 0 Å². The van der Waals surface area contributed by atoms with Crippen molar-refractivity contribution in [3.05, 3.63) is 112 Å². The van der Waals surface area contributed by atoms with Gasteiger partial charge in [-0.3, -0.25) is 9.80 Å². The van der Waals surface area contributed by atoms with Crippen LogP contribution in [-0.4, -0.2) is 138 Å². The molecule has 0 amide bonds. The van der Waals surface area contributed by atoms with Crippen LogP contribution in [0.15, 0.2) is 78.9 Å². The van der Waals surface area contributed by atoms with Crippen molar-refractivity contribution < 1.29 is 85.3 Å². The van der Waals surface area contributed by atoms with Gasteiger partial charge in [-0.05, 0) is 105 Å². The molecule has 6 aromatic rings. The predicted molar refractivity (Wildman–Crippen MR) is 341 cm³/mol. The summed E-state index contributed by atoms with van der Waals surface area (Å²) in [6.45, 7) is 13.5. The van der Waals surface area contributed by atoms with Crippen LogP contribution < -0.4 is 80.5 Å². The van der Waals surface area contributed by atoms with Gasteiger partial charge in [-0.25, -0.2) is 0 Å². The zero-order valence-electron chi connectivity index (χ0n) is 55.1. The Balaban J connectivity index is 0.000000127. The number of hydrogen-bond donors (Lipinski definition) is 0. The van der Waals surface area contributed by atoms with Gasteiger partial charge in [-0.15, -0.1) is 0 Å². The summed E-state index contributed by atoms with van der Waals surface area (Å²) in [4.78, 5) is 5.05. The van der Waals surface area contributed by atoms with E-state index in [0.29, 0.717) is 46.2 Å². The van der Waals surface area contributed by atoms with Crippen LogP contribution in [0, 0.1) is 17.8 Å². The van der Waals surface area contributed by atoms with E-state index < -0.39 is 11.5 Å². The third-order valence-corrected chi connectivity index (χ3v) is 20.8. The molecule has 3 fully saturated rings. The topological polar surface area (TPSA) is 173 Å². The van der Waals surface area contributed by atoms with E-state index in [0.717, 1.165) is 136 Å². The van der Waals surface area contributed by atoms with Crippen molar-refractivity contribution >= 4 is 0 Å². The number of nitrogens with zero attached hydrogens (tertiary/aromatic N) is 2. The van der Waals surface area contributed by atoms with Crippen molar-refractivity contribution in [2.75, 3.05) is 111 Å². The Morgan fingerprint density at radius 2 is 0.826 bits per heavy atom. The molecule has 1 saturated carbocycles. The van der Waals surface area contributed by atoms with E-state index in [4.69, 9.17) is 85.3 Å². The molecule has 0 N–H and O–H groups in total. The van der Waals surface area contributed by atoms with Gasteiger partial charge in [-0.1, -0.05) is 19.9 Å². The summed E-state index contributed by atoms with van der Waals surface area (Å²) < 4.78 is 105. The van der Waals surface area contributed by atoms with Crippen molar-refractivity contribution in [2.45, 2.75) is 108 Å². The van der Waals surface area contributed by atoms with Gasteiger partial charge in [0.2, 0.25) is 37.7 Å². The average molecular weight is 1270 g/mol. The van der Waals surface area contributed by atoms with E-state index >= 15 is 0 Å². The van der Waals surface area contributed by atoms with Crippen molar-refractivity contribution in [3.63, 3.8) is 0 Å². The maximum absolute atomic E-state index is 6.97. The molecule has 8 heterocycles. The molecule has 0 aromatic heterocycles. The first-order valence-electron chi connectivity index (χ1n) is 31.9. The summed E-state index contributed by atoms with van der Waals surface area (Å²) in [6.07, 6.45) is 8.10. The molecule has 0 spiro atoms. The molecule has 0 bridgehead atoms. The van der Waals surface area contributed by atoms with Crippen LogP contribution in [0.3, 0.4) is 0 Å². The molecule has 2 saturated heterocycles. The van der Waals surface area contributed by atoms with Crippen LogP contribution in [0.1, 0.15) is 124 Å². The van der Waals surface area contributed by atoms with Crippen molar-refractivity contribution in [3.8, 4) is 97.7 Å². The molecule has 8 aliphatic heterocycles. The molecular formula is C72H86N2O18. The molecule has 20 heteroatoms. The van der Waals surface area contributed by atoms with E-state index in [1.165, 1.54) is 25.7 Å². The van der Waals surface area contributed by atoms with E-state index in [-0.39, 0.29) is 55.7 Å². The van der Waals surface area contributed by atoms with Gasteiger partial charge in [0.05, 0.1) is 56.9 Å². The van der Waals surface area contributed by atoms with Crippen LogP contribution in [0.25, 0.3) is 0 Å². The number of rotatable bonds is 14. The average Bonchev–Trinajstić information content (AvgIpc) is 1.29. The third-order valence-electron chi connectivity index (χ3n) is 20.8. The van der Waals surface area contributed by atoms with E-state index in [2.05, 4.69) is 54.8 Å². The minimum absolute atomic E-state index is 0.0117. The van der Waals surface area contributed by atoms with Gasteiger partial charge in [0, 0.05) is 129 Å². The standard InChI is InChI=1S/C26H31NO6.C25H31NO6.C21H24O6/c1-28-22-11-16(12-23(29-2)25(22)30-3)24-17-13-20-21(32-15-31-20)14-19(17)33-26(8-6-7-18(24)26)27-9-4-5-10-27;1-15-23(16-10-21(27-3)24(29-5)22(11-16)28-4)17-12-19-20(31-14-30-19)13-18(17)32-25(15,2)26-8-6-7-9-26;1-12-20(14-7-6-13(22-3)8-16(14)23-4)15-9-18-19(26-11-25-18)10-17(15)27-21(12,2)24-5/h11-14,18,24H,4-10,15H2,1-3H3;10-13,15,23H,6-9,14H2,1-5H3;6-10,12,20H,11H2,1-5H3. The molecule has 20 nitrogen and oxygen atoms in total. The molecule has 9 aliphatic rings. The third kappa shape index (κ3) is 10.7. The Hall–Kier alpha value is -8.20. The highest BCUT2D eigenvalue weighted by Gasteiger charge is 2.58. The van der Waals surface area contributed by atoms with E-state index in [1.807, 2.05) is 61.5 Å². The minimum atomic E-state index is -0.795. The molecule has 6 aromatic carbocycles. The van der Waals surface area contributed by atoms with Gasteiger partial charge < -0.3 is 85.3 Å². The fourth-order valence-electron chi connectivity index (χ4n) is 15.8. The van der Waals surface area contributed by atoms with Crippen molar-refractivity contribution in [2.24, 2.45) is 17.8 Å². The molecule has 92 heavy (non-hydrogen) atoms. The molecule has 0 radical (unpaired) electrons. The maximum atomic E-state index is 6.97. The van der Waals surface area contributed by atoms with Crippen LogP contribution in [0.4, 0.5) is 0 Å². The molecule has 492 valence electrons. The number of likely N-dealkylation sites (tertiary alicyclic amines) is 2. The lowest BCUT2D eigenvalue weighted by molar-refractivity contribution is -0.194. The lowest BCUT2D eigenvalue weighted by Gasteiger charge is -2.50. The monoisotopic (exact) mass is 1270 g/mol. The Bertz CT molecular complexity index is 3650. The number of hydrogen-bond acceptors (Lipinski definition) is 20. The summed E-state index contributed by atoms with van der Waals surface area (Å²) in [7, 11) is 14.9. The highest BCUT2D eigenvalue weighted by Crippen LogP contribution is 2.61. The first-order valence-corrected chi connectivity index (χ1v) is 31.9. The summed E-state index contributed by atoms with van der Waals surface area (Å²) in [5, 5.41) is 0. The second-order valence-electron chi connectivity index (χ2n) is 25.1. The Morgan fingerprint density at radius 1 is 0.391 bits per heavy atom. The van der Waals surface area contributed by atoms with Crippen LogP contribution in [-0.2, 0) is 4.74 Å². The fourth-order valence-corrected chi connectivity index (χ4v) is 15.8. The highest BCUT2D eigenvalue weighted by atomic mass is 16.7. The van der Waals surface area contributed by atoms with E-state index in [1.54, 1.807) is 64.0 Å². The summed E-state index contributed by atoms with van der Waals surface area (Å²) >= 11 is 0. The molecule has 9 unspecified atom stereocenters. The Kier molecular flexibility index (Phi) is 17.3. The van der Waals surface area contributed by atoms with Gasteiger partial charge in [0.25, 0.3) is 0 Å². The first kappa shape index (κ1) is 62.6. The molecule has 1 aliphatic carbocycles. The second-order valence-corrected chi connectivity index (χ2v) is 25.1. The Morgan fingerprint density at radius 3 is 1.29 bits per heavy atom. The number of methoxy groups -OCH3 is 9. The van der Waals surface area contributed by atoms with Crippen LogP contribution >= 0.6 is 0 Å². The van der Waals surface area contributed by atoms with Crippen molar-refractivity contribution in [1.29, 1.82) is 0 Å². The van der Waals surface area contributed by atoms with Gasteiger partial charge in [0.1, 0.15) is 28.7 Å². The lowest BCUT2D eigenvalue weighted by atomic mass is 9.73. The fraction of sp³-hybridized carbons (Fsp3) is 0.500. The zero-order valence-corrected chi connectivity index (χ0v) is 55.1. The summed E-state index contributed by atoms with van der Waals surface area (Å²) in [6, 6.07) is 26.2. The SMILES string of the molecule is COc1cc(C2c3cc4c(cc3OC(C)(N3CCCC3)C2C)OCO4)cc(OC)c1OC.COc1cc(C2c3cc4c(cc3OC3(N5CCCC5)CCCC23)OCO4)cc(OC)c1OC.COc1ccc(C2c3cc4c(cc3OC(C)(OC)C2C)OCO4)c(OC)c1. The largest absolute Gasteiger partial charge is 0.497 e. The van der Waals surface area contributed by atoms with Gasteiger partial charge in [-0.2, -0.15) is 0 Å². The predicted octanol–water partition coefficient (Wildman–Crippen LogP) is 12.9. The van der Waals surface area contributed by atoms with Crippen LogP contribution in [0.5, 0.6) is 97.7 Å². The summed E-state index contributed by atoms with van der Waals surface area (Å²) in [5.74, 6) is 12.0. The summed E-state index contributed by atoms with van der Waals surface area (Å²) in [5.41, 5.74) is 5.74. The van der Waals surface area contributed by atoms with Gasteiger partial charge >= 0.3 is 0 Å². The molecule has 9 atom stereocenters. The van der Waals surface area contributed by atoms with Crippen molar-refractivity contribution in [1.82, 2.24) is 9.80 Å². The number of fused-ring (bicyclic) bond motifs is 7. The molecule has 15 rings (SSSR count). The quantitative estimate of drug-likeness (QED) is 0.101. The normalized spacial score (nSPS) is 26.6. The maximum Gasteiger partial charge on any atom is 0.231 e. The number of ether oxygens (including phenoxy) is 18. The first-order chi connectivity index (χ1) is 44.7. The number of benzene rings is 6. The van der Waals surface area contributed by atoms with Crippen LogP contribution in [0.2, 0.25) is 0 Å². The minimum Gasteiger partial charge on any atom is -0.497 e. The zero-order chi connectivity index (χ0) is 64.2.